The highest BCUT2D eigenvalue weighted by Gasteiger charge is 2.07. The van der Waals surface area contributed by atoms with Gasteiger partial charge in [0.25, 0.3) is 0 Å². The van der Waals surface area contributed by atoms with Crippen molar-refractivity contribution in [2.45, 2.75) is 6.92 Å². The summed E-state index contributed by atoms with van der Waals surface area (Å²) in [7, 11) is 2.06. The number of nitrogens with zero attached hydrogens (tertiary/aromatic N) is 2. The molecule has 0 radical (unpaired) electrons. The minimum Gasteiger partial charge on any atom is -0.236 e. The number of hydrogen-bond acceptors (Lipinski definition) is 0. The van der Waals surface area contributed by atoms with Gasteiger partial charge >= 0.3 is 0 Å². The lowest BCUT2D eigenvalue weighted by Crippen LogP contribution is -2.16. The summed E-state index contributed by atoms with van der Waals surface area (Å²) < 4.78 is 4.24. The Bertz CT molecular complexity index is 387. The Labute approximate surface area is 65.7 Å². The SMILES string of the molecule is Cc1c2cccc[n+]2cn1C. The number of pyridine rings is 1. The molecule has 2 heterocycles. The average Bonchev–Trinajstić information content (AvgIpc) is 2.30. The van der Waals surface area contributed by atoms with E-state index < -0.39 is 0 Å². The topological polar surface area (TPSA) is 9.03 Å². The van der Waals surface area contributed by atoms with Crippen LogP contribution in [0.2, 0.25) is 0 Å². The zero-order valence-electron chi connectivity index (χ0n) is 6.78. The van der Waals surface area contributed by atoms with Gasteiger partial charge in [-0.15, -0.1) is 0 Å². The molecule has 2 nitrogen and oxygen atoms in total. The summed E-state index contributed by atoms with van der Waals surface area (Å²) in [6.45, 7) is 2.12. The van der Waals surface area contributed by atoms with E-state index >= 15 is 0 Å². The maximum absolute atomic E-state index is 2.12. The number of hydrogen-bond donors (Lipinski definition) is 0. The molecule has 2 heteroatoms. The molecule has 0 saturated carbocycles. The van der Waals surface area contributed by atoms with Crippen LogP contribution in [0.25, 0.3) is 5.52 Å². The number of aryl methyl sites for hydroxylation is 2. The fourth-order valence-corrected chi connectivity index (χ4v) is 1.32. The first-order chi connectivity index (χ1) is 5.29. The van der Waals surface area contributed by atoms with E-state index in [4.69, 9.17) is 0 Å². The van der Waals surface area contributed by atoms with Crippen molar-refractivity contribution in [3.8, 4) is 0 Å². The van der Waals surface area contributed by atoms with Crippen molar-refractivity contribution >= 4 is 5.52 Å². The van der Waals surface area contributed by atoms with Gasteiger partial charge in [-0.25, -0.2) is 8.97 Å². The summed E-state index contributed by atoms with van der Waals surface area (Å²) in [5.74, 6) is 0. The van der Waals surface area contributed by atoms with Crippen LogP contribution < -0.4 is 4.40 Å². The van der Waals surface area contributed by atoms with Gasteiger partial charge in [-0.05, 0) is 12.1 Å². The first-order valence-electron chi connectivity index (χ1n) is 3.71. The van der Waals surface area contributed by atoms with Gasteiger partial charge in [-0.2, -0.15) is 0 Å². The highest BCUT2D eigenvalue weighted by atomic mass is 15.1. The Morgan fingerprint density at radius 3 is 2.91 bits per heavy atom. The van der Waals surface area contributed by atoms with E-state index in [-0.39, 0.29) is 0 Å². The largest absolute Gasteiger partial charge is 0.248 e. The van der Waals surface area contributed by atoms with Crippen LogP contribution in [0.5, 0.6) is 0 Å². The van der Waals surface area contributed by atoms with Gasteiger partial charge in [0.15, 0.2) is 5.52 Å². The number of aromatic nitrogens is 2. The fraction of sp³-hybridized carbons (Fsp3) is 0.222. The fourth-order valence-electron chi connectivity index (χ4n) is 1.32. The highest BCUT2D eigenvalue weighted by Crippen LogP contribution is 2.02. The van der Waals surface area contributed by atoms with Crippen molar-refractivity contribution in [1.29, 1.82) is 0 Å². The second-order valence-electron chi connectivity index (χ2n) is 2.80. The summed E-state index contributed by atoms with van der Waals surface area (Å²) in [4.78, 5) is 0. The molecule has 0 amide bonds. The van der Waals surface area contributed by atoms with Crippen LogP contribution in [0.3, 0.4) is 0 Å². The summed E-state index contributed by atoms with van der Waals surface area (Å²) in [5, 5.41) is 0. The van der Waals surface area contributed by atoms with Crippen molar-refractivity contribution in [2.24, 2.45) is 7.05 Å². The smallest absolute Gasteiger partial charge is 0.236 e. The Hall–Kier alpha value is -1.31. The summed E-state index contributed by atoms with van der Waals surface area (Å²) in [5.41, 5.74) is 2.57. The van der Waals surface area contributed by atoms with Gasteiger partial charge < -0.3 is 0 Å². The second-order valence-corrected chi connectivity index (χ2v) is 2.80. The third-order valence-corrected chi connectivity index (χ3v) is 2.09. The van der Waals surface area contributed by atoms with Crippen LogP contribution in [0.15, 0.2) is 30.7 Å². The van der Waals surface area contributed by atoms with E-state index in [0.717, 1.165) is 0 Å². The normalized spacial score (nSPS) is 10.7. The van der Waals surface area contributed by atoms with Crippen LogP contribution in [0.4, 0.5) is 0 Å². The lowest BCUT2D eigenvalue weighted by atomic mass is 10.3. The van der Waals surface area contributed by atoms with E-state index in [9.17, 15) is 0 Å². The van der Waals surface area contributed by atoms with E-state index in [2.05, 4.69) is 47.6 Å². The third-order valence-electron chi connectivity index (χ3n) is 2.09. The molecule has 0 aliphatic heterocycles. The predicted octanol–water partition coefficient (Wildman–Crippen LogP) is 1.07. The minimum absolute atomic E-state index is 1.27. The minimum atomic E-state index is 1.27. The summed E-state index contributed by atoms with van der Waals surface area (Å²) in [6, 6.07) is 6.21. The highest BCUT2D eigenvalue weighted by molar-refractivity contribution is 5.43. The molecule has 0 spiro atoms. The van der Waals surface area contributed by atoms with Crippen LogP contribution in [-0.2, 0) is 7.05 Å². The van der Waals surface area contributed by atoms with Crippen molar-refractivity contribution in [3.63, 3.8) is 0 Å². The zero-order valence-corrected chi connectivity index (χ0v) is 6.78. The number of imidazole rings is 1. The van der Waals surface area contributed by atoms with Crippen molar-refractivity contribution in [3.05, 3.63) is 36.4 Å². The third kappa shape index (κ3) is 0.827. The number of fused-ring (bicyclic) bond motifs is 1. The molecule has 2 aromatic rings. The molecule has 0 aromatic carbocycles. The van der Waals surface area contributed by atoms with E-state index in [1.807, 2.05) is 6.07 Å². The Balaban J connectivity index is 2.92. The summed E-state index contributed by atoms with van der Waals surface area (Å²) in [6.07, 6.45) is 4.13. The Morgan fingerprint density at radius 1 is 1.36 bits per heavy atom. The van der Waals surface area contributed by atoms with Crippen LogP contribution in [0.1, 0.15) is 5.69 Å². The zero-order chi connectivity index (χ0) is 7.84. The molecule has 0 bridgehead atoms. The van der Waals surface area contributed by atoms with Crippen molar-refractivity contribution < 1.29 is 4.40 Å². The standard InChI is InChI=1S/C9H11N2/c1-8-9-5-3-4-6-11(9)7-10(8)2/h3-7H,1-2H3/q+1. The molecule has 2 rings (SSSR count). The molecule has 0 atom stereocenters. The van der Waals surface area contributed by atoms with Gasteiger partial charge in [-0.3, -0.25) is 0 Å². The van der Waals surface area contributed by atoms with Crippen LogP contribution >= 0.6 is 0 Å². The molecule has 0 fully saturated rings. The molecule has 2 aromatic heterocycles. The van der Waals surface area contributed by atoms with Gasteiger partial charge in [0.05, 0.1) is 13.2 Å². The maximum Gasteiger partial charge on any atom is 0.248 e. The molecule has 0 unspecified atom stereocenters. The molecule has 11 heavy (non-hydrogen) atoms. The van der Waals surface area contributed by atoms with E-state index in [1.54, 1.807) is 0 Å². The van der Waals surface area contributed by atoms with Gasteiger partial charge in [0.1, 0.15) is 5.69 Å². The van der Waals surface area contributed by atoms with Gasteiger partial charge in [0, 0.05) is 6.92 Å². The second kappa shape index (κ2) is 2.09. The van der Waals surface area contributed by atoms with Crippen molar-refractivity contribution in [2.75, 3.05) is 0 Å². The number of rotatable bonds is 0. The maximum atomic E-state index is 2.12. The molecule has 0 saturated heterocycles. The molecule has 0 aliphatic carbocycles. The molecule has 56 valence electrons. The lowest BCUT2D eigenvalue weighted by Gasteiger charge is -1.83. The Kier molecular flexibility index (Phi) is 1.22. The molecular formula is C9H11N2+. The summed E-state index contributed by atoms with van der Waals surface area (Å²) >= 11 is 0. The van der Waals surface area contributed by atoms with Crippen LogP contribution in [-0.4, -0.2) is 4.57 Å². The molecule has 0 aliphatic rings. The van der Waals surface area contributed by atoms with Gasteiger partial charge in [-0.1, -0.05) is 6.07 Å². The first-order valence-corrected chi connectivity index (χ1v) is 3.71. The first kappa shape index (κ1) is 6.40. The Morgan fingerprint density at radius 2 is 2.18 bits per heavy atom. The molecular weight excluding hydrogens is 136 g/mol. The quantitative estimate of drug-likeness (QED) is 0.493. The lowest BCUT2D eigenvalue weighted by molar-refractivity contribution is -0.512. The van der Waals surface area contributed by atoms with E-state index in [0.29, 0.717) is 0 Å². The van der Waals surface area contributed by atoms with Gasteiger partial charge in [0.2, 0.25) is 6.33 Å². The predicted molar refractivity (Wildman–Crippen MR) is 43.3 cm³/mol. The monoisotopic (exact) mass is 147 g/mol. The molecule has 0 N–H and O–H groups in total. The van der Waals surface area contributed by atoms with Crippen molar-refractivity contribution in [1.82, 2.24) is 4.57 Å². The average molecular weight is 147 g/mol. The van der Waals surface area contributed by atoms with E-state index in [1.165, 1.54) is 11.2 Å². The van der Waals surface area contributed by atoms with Crippen LogP contribution in [0, 0.1) is 6.92 Å².